The molecule has 2 N–H and O–H groups in total. The zero-order chi connectivity index (χ0) is 14.1. The Labute approximate surface area is 121 Å². The summed E-state index contributed by atoms with van der Waals surface area (Å²) in [5, 5.41) is 7.28. The van der Waals surface area contributed by atoms with Crippen molar-refractivity contribution >= 4 is 11.4 Å². The summed E-state index contributed by atoms with van der Waals surface area (Å²) in [4.78, 5) is 0. The molecular weight excluding hydrogens is 244 g/mol. The Morgan fingerprint density at radius 1 is 1.05 bits per heavy atom. The first-order valence-corrected chi connectivity index (χ1v) is 7.32. The molecular formula is C18H22N2. The van der Waals surface area contributed by atoms with Crippen molar-refractivity contribution in [2.45, 2.75) is 39.3 Å². The summed E-state index contributed by atoms with van der Waals surface area (Å²) in [7, 11) is 0. The monoisotopic (exact) mass is 266 g/mol. The Hall–Kier alpha value is -1.96. The topological polar surface area (TPSA) is 24.1 Å². The summed E-state index contributed by atoms with van der Waals surface area (Å²) in [6, 6.07) is 16.2. The molecule has 0 bridgehead atoms. The van der Waals surface area contributed by atoms with Gasteiger partial charge in [0.25, 0.3) is 0 Å². The number of hydrogen-bond donors (Lipinski definition) is 2. The van der Waals surface area contributed by atoms with E-state index in [0.29, 0.717) is 12.1 Å². The maximum Gasteiger partial charge on any atom is 0.0553 e. The minimum Gasteiger partial charge on any atom is -0.382 e. The fraction of sp³-hybridized carbons (Fsp3) is 0.333. The summed E-state index contributed by atoms with van der Waals surface area (Å²) >= 11 is 0. The number of hydrogen-bond acceptors (Lipinski definition) is 2. The fourth-order valence-corrected chi connectivity index (χ4v) is 2.98. The van der Waals surface area contributed by atoms with Crippen LogP contribution in [0.25, 0.3) is 0 Å². The van der Waals surface area contributed by atoms with Crippen molar-refractivity contribution in [3.8, 4) is 0 Å². The number of anilines is 2. The van der Waals surface area contributed by atoms with Crippen LogP contribution in [-0.4, -0.2) is 6.04 Å². The molecule has 20 heavy (non-hydrogen) atoms. The maximum atomic E-state index is 3.69. The van der Waals surface area contributed by atoms with Gasteiger partial charge in [-0.2, -0.15) is 0 Å². The van der Waals surface area contributed by atoms with E-state index in [0.717, 1.165) is 6.42 Å². The van der Waals surface area contributed by atoms with E-state index in [2.05, 4.69) is 73.9 Å². The minimum absolute atomic E-state index is 0.378. The van der Waals surface area contributed by atoms with Gasteiger partial charge in [0, 0.05) is 17.4 Å². The number of nitrogens with one attached hydrogen (secondary N) is 2. The molecule has 1 aliphatic rings. The summed E-state index contributed by atoms with van der Waals surface area (Å²) in [6.07, 6.45) is 1.10. The van der Waals surface area contributed by atoms with Crippen LogP contribution in [0.4, 0.5) is 11.4 Å². The standard InChI is InChI=1S/C18H22N2/c1-12-5-4-6-15(9-12)20-18-11-14(3)19-17-10-13(2)7-8-16(17)18/h4-10,14,18-20H,11H2,1-3H3. The van der Waals surface area contributed by atoms with Gasteiger partial charge >= 0.3 is 0 Å². The molecule has 2 aromatic rings. The second kappa shape index (κ2) is 5.20. The highest BCUT2D eigenvalue weighted by Crippen LogP contribution is 2.35. The SMILES string of the molecule is Cc1cccc(NC2CC(C)Nc3cc(C)ccc32)c1. The van der Waals surface area contributed by atoms with E-state index in [1.54, 1.807) is 0 Å². The fourth-order valence-electron chi connectivity index (χ4n) is 2.98. The Morgan fingerprint density at radius 3 is 2.65 bits per heavy atom. The lowest BCUT2D eigenvalue weighted by Gasteiger charge is -2.33. The molecule has 2 heteroatoms. The van der Waals surface area contributed by atoms with Crippen LogP contribution in [-0.2, 0) is 0 Å². The zero-order valence-corrected chi connectivity index (χ0v) is 12.4. The molecule has 0 aromatic heterocycles. The molecule has 0 saturated carbocycles. The molecule has 0 amide bonds. The van der Waals surface area contributed by atoms with Crippen LogP contribution < -0.4 is 10.6 Å². The Bertz CT molecular complexity index is 619. The minimum atomic E-state index is 0.378. The van der Waals surface area contributed by atoms with Gasteiger partial charge in [-0.25, -0.2) is 0 Å². The predicted molar refractivity (Wildman–Crippen MR) is 86.4 cm³/mol. The van der Waals surface area contributed by atoms with Crippen LogP contribution in [0.1, 0.15) is 36.1 Å². The van der Waals surface area contributed by atoms with Gasteiger partial charge in [0.15, 0.2) is 0 Å². The van der Waals surface area contributed by atoms with E-state index < -0.39 is 0 Å². The lowest BCUT2D eigenvalue weighted by atomic mass is 9.92. The molecule has 0 radical (unpaired) electrons. The van der Waals surface area contributed by atoms with E-state index in [1.807, 2.05) is 0 Å². The Kier molecular flexibility index (Phi) is 3.39. The summed E-state index contributed by atoms with van der Waals surface area (Å²) in [5.41, 5.74) is 6.44. The first kappa shape index (κ1) is 13.0. The third kappa shape index (κ3) is 2.64. The molecule has 2 aromatic carbocycles. The molecule has 104 valence electrons. The van der Waals surface area contributed by atoms with Crippen LogP contribution in [0, 0.1) is 13.8 Å². The van der Waals surface area contributed by atoms with Crippen LogP contribution in [0.15, 0.2) is 42.5 Å². The van der Waals surface area contributed by atoms with Gasteiger partial charge in [0.2, 0.25) is 0 Å². The average Bonchev–Trinajstić information content (AvgIpc) is 2.37. The zero-order valence-electron chi connectivity index (χ0n) is 12.4. The van der Waals surface area contributed by atoms with Crippen molar-refractivity contribution in [1.82, 2.24) is 0 Å². The molecule has 0 aliphatic carbocycles. The number of rotatable bonds is 2. The highest BCUT2D eigenvalue weighted by Gasteiger charge is 2.23. The third-order valence-corrected chi connectivity index (χ3v) is 3.93. The summed E-state index contributed by atoms with van der Waals surface area (Å²) in [6.45, 7) is 6.52. The van der Waals surface area contributed by atoms with Crippen molar-refractivity contribution < 1.29 is 0 Å². The van der Waals surface area contributed by atoms with E-state index in [-0.39, 0.29) is 0 Å². The molecule has 1 heterocycles. The smallest absolute Gasteiger partial charge is 0.0553 e. The van der Waals surface area contributed by atoms with Gasteiger partial charge in [-0.3, -0.25) is 0 Å². The first-order valence-electron chi connectivity index (χ1n) is 7.32. The van der Waals surface area contributed by atoms with Crippen molar-refractivity contribution in [3.05, 3.63) is 59.2 Å². The van der Waals surface area contributed by atoms with Crippen LogP contribution >= 0.6 is 0 Å². The van der Waals surface area contributed by atoms with Gasteiger partial charge in [-0.05, 0) is 62.1 Å². The number of benzene rings is 2. The maximum absolute atomic E-state index is 3.69. The van der Waals surface area contributed by atoms with Crippen LogP contribution in [0.2, 0.25) is 0 Å². The quantitative estimate of drug-likeness (QED) is 0.826. The van der Waals surface area contributed by atoms with E-state index in [9.17, 15) is 0 Å². The van der Waals surface area contributed by atoms with Crippen LogP contribution in [0.5, 0.6) is 0 Å². The molecule has 0 spiro atoms. The van der Waals surface area contributed by atoms with Crippen molar-refractivity contribution in [3.63, 3.8) is 0 Å². The molecule has 0 fully saturated rings. The molecule has 3 rings (SSSR count). The van der Waals surface area contributed by atoms with Gasteiger partial charge in [0.1, 0.15) is 0 Å². The molecule has 2 unspecified atom stereocenters. The molecule has 2 atom stereocenters. The third-order valence-electron chi connectivity index (χ3n) is 3.93. The van der Waals surface area contributed by atoms with Crippen molar-refractivity contribution in [2.24, 2.45) is 0 Å². The highest BCUT2D eigenvalue weighted by molar-refractivity contribution is 5.60. The van der Waals surface area contributed by atoms with E-state index in [4.69, 9.17) is 0 Å². The Morgan fingerprint density at radius 2 is 1.85 bits per heavy atom. The van der Waals surface area contributed by atoms with Gasteiger partial charge in [0.05, 0.1) is 6.04 Å². The second-order valence-corrected chi connectivity index (χ2v) is 5.94. The first-order chi connectivity index (χ1) is 9.61. The summed E-state index contributed by atoms with van der Waals surface area (Å²) in [5.74, 6) is 0. The molecule has 1 aliphatic heterocycles. The van der Waals surface area contributed by atoms with Crippen LogP contribution in [0.3, 0.4) is 0 Å². The second-order valence-electron chi connectivity index (χ2n) is 5.94. The van der Waals surface area contributed by atoms with Gasteiger partial charge in [-0.1, -0.05) is 24.3 Å². The summed E-state index contributed by atoms with van der Waals surface area (Å²) < 4.78 is 0. The number of fused-ring (bicyclic) bond motifs is 1. The largest absolute Gasteiger partial charge is 0.382 e. The molecule has 0 saturated heterocycles. The Balaban J connectivity index is 1.91. The number of aryl methyl sites for hydroxylation is 2. The normalized spacial score (nSPS) is 20.9. The van der Waals surface area contributed by atoms with E-state index in [1.165, 1.54) is 28.1 Å². The van der Waals surface area contributed by atoms with Gasteiger partial charge < -0.3 is 10.6 Å². The van der Waals surface area contributed by atoms with Crippen molar-refractivity contribution in [2.75, 3.05) is 10.6 Å². The lowest BCUT2D eigenvalue weighted by molar-refractivity contribution is 0.599. The lowest BCUT2D eigenvalue weighted by Crippen LogP contribution is -2.29. The molecule has 2 nitrogen and oxygen atoms in total. The predicted octanol–water partition coefficient (Wildman–Crippen LogP) is 4.66. The van der Waals surface area contributed by atoms with E-state index >= 15 is 0 Å². The van der Waals surface area contributed by atoms with Gasteiger partial charge in [-0.15, -0.1) is 0 Å². The highest BCUT2D eigenvalue weighted by atomic mass is 15.0. The van der Waals surface area contributed by atoms with Crippen molar-refractivity contribution in [1.29, 1.82) is 0 Å². The average molecular weight is 266 g/mol.